The SMILES string of the molecule is CCCC(N(C)C)C1(c2cc(C)cc(Cl)c2)CCC1. The normalized spacial score (nSPS) is 19.3. The maximum atomic E-state index is 6.28. The fraction of sp³-hybridized carbons (Fsp3) is 0.647. The summed E-state index contributed by atoms with van der Waals surface area (Å²) in [7, 11) is 4.44. The lowest BCUT2D eigenvalue weighted by molar-refractivity contribution is 0.0895. The third-order valence-electron chi connectivity index (χ3n) is 4.69. The van der Waals surface area contributed by atoms with Crippen molar-refractivity contribution in [3.63, 3.8) is 0 Å². The smallest absolute Gasteiger partial charge is 0.0411 e. The largest absolute Gasteiger partial charge is 0.306 e. The number of benzene rings is 1. The monoisotopic (exact) mass is 279 g/mol. The summed E-state index contributed by atoms with van der Waals surface area (Å²) in [5.41, 5.74) is 3.06. The van der Waals surface area contributed by atoms with Crippen LogP contribution in [0.1, 0.15) is 50.2 Å². The topological polar surface area (TPSA) is 3.24 Å². The average Bonchev–Trinajstić information content (AvgIpc) is 2.25. The zero-order valence-electron chi connectivity index (χ0n) is 12.7. The van der Waals surface area contributed by atoms with Crippen molar-refractivity contribution in [1.82, 2.24) is 4.90 Å². The molecule has 1 nitrogen and oxygen atoms in total. The Labute approximate surface area is 123 Å². The van der Waals surface area contributed by atoms with Crippen molar-refractivity contribution < 1.29 is 0 Å². The van der Waals surface area contributed by atoms with Crippen molar-refractivity contribution in [2.45, 2.75) is 57.4 Å². The Balaban J connectivity index is 2.40. The summed E-state index contributed by atoms with van der Waals surface area (Å²) in [4.78, 5) is 2.42. The van der Waals surface area contributed by atoms with Crippen LogP contribution in [0.15, 0.2) is 18.2 Å². The van der Waals surface area contributed by atoms with Crippen LogP contribution < -0.4 is 0 Å². The van der Waals surface area contributed by atoms with E-state index < -0.39 is 0 Å². The summed E-state index contributed by atoms with van der Waals surface area (Å²) in [6.07, 6.45) is 6.45. The molecule has 0 heterocycles. The Morgan fingerprint density at radius 2 is 1.95 bits per heavy atom. The molecule has 0 amide bonds. The highest BCUT2D eigenvalue weighted by Crippen LogP contribution is 2.49. The van der Waals surface area contributed by atoms with Gasteiger partial charge < -0.3 is 4.90 Å². The van der Waals surface area contributed by atoms with Crippen LogP contribution in [0.2, 0.25) is 5.02 Å². The van der Waals surface area contributed by atoms with Gasteiger partial charge in [0.2, 0.25) is 0 Å². The summed E-state index contributed by atoms with van der Waals surface area (Å²) in [5, 5.41) is 0.885. The van der Waals surface area contributed by atoms with Gasteiger partial charge in [0.15, 0.2) is 0 Å². The third kappa shape index (κ3) is 2.83. The molecule has 1 fully saturated rings. The van der Waals surface area contributed by atoms with Crippen molar-refractivity contribution in [1.29, 1.82) is 0 Å². The predicted molar refractivity (Wildman–Crippen MR) is 84.1 cm³/mol. The van der Waals surface area contributed by atoms with Gasteiger partial charge in [-0.25, -0.2) is 0 Å². The summed E-state index contributed by atoms with van der Waals surface area (Å²) in [6.45, 7) is 4.43. The fourth-order valence-electron chi connectivity index (χ4n) is 3.70. The van der Waals surface area contributed by atoms with Crippen LogP contribution in [0.4, 0.5) is 0 Å². The van der Waals surface area contributed by atoms with Crippen molar-refractivity contribution in [3.8, 4) is 0 Å². The van der Waals surface area contributed by atoms with Crippen LogP contribution in [0, 0.1) is 6.92 Å². The number of nitrogens with zero attached hydrogens (tertiary/aromatic N) is 1. The van der Waals surface area contributed by atoms with Crippen molar-refractivity contribution in [2.75, 3.05) is 14.1 Å². The lowest BCUT2D eigenvalue weighted by atomic mass is 9.59. The molecule has 0 N–H and O–H groups in total. The van der Waals surface area contributed by atoms with E-state index >= 15 is 0 Å². The second-order valence-corrected chi connectivity index (χ2v) is 6.73. The lowest BCUT2D eigenvalue weighted by Gasteiger charge is -2.51. The van der Waals surface area contributed by atoms with E-state index in [4.69, 9.17) is 11.6 Å². The molecule has 2 heteroatoms. The highest BCUT2D eigenvalue weighted by molar-refractivity contribution is 6.30. The molecular formula is C17H26ClN. The quantitative estimate of drug-likeness (QED) is 0.748. The van der Waals surface area contributed by atoms with Crippen molar-refractivity contribution >= 4 is 11.6 Å². The van der Waals surface area contributed by atoms with Crippen LogP contribution >= 0.6 is 11.6 Å². The third-order valence-corrected chi connectivity index (χ3v) is 4.90. The van der Waals surface area contributed by atoms with Gasteiger partial charge in [-0.2, -0.15) is 0 Å². The van der Waals surface area contributed by atoms with E-state index in [0.29, 0.717) is 11.5 Å². The molecule has 1 saturated carbocycles. The van der Waals surface area contributed by atoms with Crippen LogP contribution in [0.25, 0.3) is 0 Å². The Kier molecular flexibility index (Phi) is 4.58. The molecule has 0 aromatic heterocycles. The van der Waals surface area contributed by atoms with Gasteiger partial charge in [0.1, 0.15) is 0 Å². The molecule has 106 valence electrons. The first-order valence-corrected chi connectivity index (χ1v) is 7.81. The first kappa shape index (κ1) is 14.9. The van der Waals surface area contributed by atoms with Crippen LogP contribution in [-0.2, 0) is 5.41 Å². The van der Waals surface area contributed by atoms with E-state index in [-0.39, 0.29) is 0 Å². The Morgan fingerprint density at radius 1 is 1.26 bits per heavy atom. The summed E-state index contributed by atoms with van der Waals surface area (Å²) in [6, 6.07) is 7.23. The summed E-state index contributed by atoms with van der Waals surface area (Å²) >= 11 is 6.28. The molecule has 0 aliphatic heterocycles. The molecule has 0 saturated heterocycles. The first-order valence-electron chi connectivity index (χ1n) is 7.43. The molecule has 1 unspecified atom stereocenters. The minimum Gasteiger partial charge on any atom is -0.306 e. The molecule has 0 bridgehead atoms. The van der Waals surface area contributed by atoms with Crippen molar-refractivity contribution in [3.05, 3.63) is 34.3 Å². The minimum absolute atomic E-state index is 0.329. The fourth-order valence-corrected chi connectivity index (χ4v) is 3.99. The van der Waals surface area contributed by atoms with E-state index in [2.05, 4.69) is 51.0 Å². The van der Waals surface area contributed by atoms with E-state index in [1.165, 1.54) is 43.2 Å². The number of halogens is 1. The Bertz CT molecular complexity index is 415. The molecule has 1 aliphatic carbocycles. The number of hydrogen-bond donors (Lipinski definition) is 0. The molecule has 19 heavy (non-hydrogen) atoms. The van der Waals surface area contributed by atoms with Crippen LogP contribution in [-0.4, -0.2) is 25.0 Å². The number of likely N-dealkylation sites (N-methyl/N-ethyl adjacent to an activating group) is 1. The maximum Gasteiger partial charge on any atom is 0.0411 e. The highest BCUT2D eigenvalue weighted by Gasteiger charge is 2.45. The second-order valence-electron chi connectivity index (χ2n) is 6.30. The molecule has 0 radical (unpaired) electrons. The first-order chi connectivity index (χ1) is 8.99. The molecule has 1 aliphatic rings. The highest BCUT2D eigenvalue weighted by atomic mass is 35.5. The number of rotatable bonds is 5. The van der Waals surface area contributed by atoms with E-state index in [1.807, 2.05) is 0 Å². The van der Waals surface area contributed by atoms with Gasteiger partial charge in [0, 0.05) is 16.5 Å². The molecule has 2 rings (SSSR count). The zero-order chi connectivity index (χ0) is 14.0. The van der Waals surface area contributed by atoms with Gasteiger partial charge >= 0.3 is 0 Å². The van der Waals surface area contributed by atoms with E-state index in [1.54, 1.807) is 0 Å². The van der Waals surface area contributed by atoms with Gasteiger partial charge in [-0.1, -0.05) is 37.4 Å². The standard InChI is InChI=1S/C17H26ClN/c1-5-7-16(19(3)4)17(8-6-9-17)14-10-13(2)11-15(18)12-14/h10-12,16H,5-9H2,1-4H3. The zero-order valence-corrected chi connectivity index (χ0v) is 13.4. The number of hydrogen-bond acceptors (Lipinski definition) is 1. The van der Waals surface area contributed by atoms with Crippen LogP contribution in [0.3, 0.4) is 0 Å². The summed E-state index contributed by atoms with van der Waals surface area (Å²) in [5.74, 6) is 0. The van der Waals surface area contributed by atoms with Gasteiger partial charge in [-0.3, -0.25) is 0 Å². The number of aryl methyl sites for hydroxylation is 1. The minimum atomic E-state index is 0.329. The summed E-state index contributed by atoms with van der Waals surface area (Å²) < 4.78 is 0. The van der Waals surface area contributed by atoms with Crippen LogP contribution in [0.5, 0.6) is 0 Å². The average molecular weight is 280 g/mol. The molecule has 0 spiro atoms. The Morgan fingerprint density at radius 3 is 2.37 bits per heavy atom. The second kappa shape index (κ2) is 5.85. The van der Waals surface area contributed by atoms with Crippen molar-refractivity contribution in [2.24, 2.45) is 0 Å². The van der Waals surface area contributed by atoms with E-state index in [0.717, 1.165) is 5.02 Å². The Hall–Kier alpha value is -0.530. The van der Waals surface area contributed by atoms with Gasteiger partial charge in [0.25, 0.3) is 0 Å². The molecular weight excluding hydrogens is 254 g/mol. The van der Waals surface area contributed by atoms with Gasteiger partial charge in [0.05, 0.1) is 0 Å². The lowest BCUT2D eigenvalue weighted by Crippen LogP contribution is -2.52. The molecule has 1 atom stereocenters. The van der Waals surface area contributed by atoms with E-state index in [9.17, 15) is 0 Å². The molecule has 1 aromatic carbocycles. The maximum absolute atomic E-state index is 6.28. The van der Waals surface area contributed by atoms with Gasteiger partial charge in [-0.15, -0.1) is 0 Å². The predicted octanol–water partition coefficient (Wildman–Crippen LogP) is 4.80. The van der Waals surface area contributed by atoms with Gasteiger partial charge in [-0.05, 0) is 63.5 Å². The molecule has 1 aromatic rings.